The molecule has 13 nitrogen and oxygen atoms in total. The second kappa shape index (κ2) is 46.0. The van der Waals surface area contributed by atoms with Crippen molar-refractivity contribution in [2.75, 3.05) is 39.6 Å². The zero-order valence-electron chi connectivity index (χ0n) is 29.6. The van der Waals surface area contributed by atoms with Gasteiger partial charge in [0.15, 0.2) is 0 Å². The Labute approximate surface area is 369 Å². The molecule has 0 radical (unpaired) electrons. The van der Waals surface area contributed by atoms with Crippen LogP contribution in [-0.2, 0) is 38.1 Å². The number of carbonyl (C=O) groups excluding carboxylic acids is 4. The van der Waals surface area contributed by atoms with Crippen molar-refractivity contribution in [2.45, 2.75) is 127 Å². The number of rotatable bonds is 32. The number of hydrogen-bond donors (Lipinski definition) is 1. The predicted molar refractivity (Wildman–Crippen MR) is 151 cm³/mol. The van der Waals surface area contributed by atoms with Crippen molar-refractivity contribution in [3.05, 3.63) is 0 Å². The van der Waals surface area contributed by atoms with Gasteiger partial charge in [0.1, 0.15) is 0 Å². The maximum absolute atomic E-state index is 11.3. The molecule has 0 rings (SSSR count). The Kier molecular flexibility index (Phi) is 62.7. The smallest absolute Gasteiger partial charge is 0.870 e. The van der Waals surface area contributed by atoms with Crippen molar-refractivity contribution in [3.63, 3.8) is 0 Å². The molecule has 2 atom stereocenters. The fraction of sp³-hybridized carbons (Fsp3) is 0.867. The van der Waals surface area contributed by atoms with Crippen LogP contribution in [-0.4, -0.2) is 98.0 Å². The Morgan fingerprint density at radius 1 is 0.681 bits per heavy atom. The van der Waals surface area contributed by atoms with Gasteiger partial charge in [0.05, 0.1) is 63.4 Å². The van der Waals surface area contributed by atoms with Crippen LogP contribution in [0.2, 0.25) is 0 Å². The van der Waals surface area contributed by atoms with Crippen LogP contribution in [0.1, 0.15) is 110 Å². The summed E-state index contributed by atoms with van der Waals surface area (Å²) >= 11 is 0. The normalized spacial score (nSPS) is 11.4. The van der Waals surface area contributed by atoms with Gasteiger partial charge in [0.25, 0.3) is 0 Å². The summed E-state index contributed by atoms with van der Waals surface area (Å²) in [6, 6.07) is 0. The van der Waals surface area contributed by atoms with Crippen molar-refractivity contribution in [1.82, 2.24) is 0 Å². The van der Waals surface area contributed by atoms with Gasteiger partial charge in [-0.15, -0.1) is 12.8 Å². The SMILES string of the molecule is CCCCCCCCC(OCCOCCOCCOC(C[C-]=O)(C[C-]=O)C(=O)[O-])C(O)CCCCCCCC(=O)[O-].[Na+].[Na+].[Na+].[Na+].[OH-].[OH-]. The number of aliphatic carboxylic acids is 2. The molecular formula is C30H52Na4O13-2. The first-order valence-electron chi connectivity index (χ1n) is 15.0. The van der Waals surface area contributed by atoms with Crippen LogP contribution in [0.4, 0.5) is 0 Å². The van der Waals surface area contributed by atoms with Crippen molar-refractivity contribution >= 4 is 24.5 Å². The van der Waals surface area contributed by atoms with E-state index in [4.69, 9.17) is 18.9 Å². The first kappa shape index (κ1) is 64.0. The predicted octanol–water partition coefficient (Wildman–Crippen LogP) is -10.8. The third kappa shape index (κ3) is 37.6. The molecule has 47 heavy (non-hydrogen) atoms. The van der Waals surface area contributed by atoms with Gasteiger partial charge in [-0.1, -0.05) is 71.1 Å². The van der Waals surface area contributed by atoms with Gasteiger partial charge in [0.2, 0.25) is 0 Å². The third-order valence-corrected chi connectivity index (χ3v) is 6.78. The Balaban J connectivity index is -0.000000533. The summed E-state index contributed by atoms with van der Waals surface area (Å²) in [5.74, 6) is -2.70. The van der Waals surface area contributed by atoms with E-state index in [1.807, 2.05) is 0 Å². The van der Waals surface area contributed by atoms with Gasteiger partial charge in [-0.25, -0.2) is 0 Å². The van der Waals surface area contributed by atoms with Gasteiger partial charge < -0.3 is 64.4 Å². The van der Waals surface area contributed by atoms with E-state index < -0.39 is 36.5 Å². The number of unbranched alkanes of at least 4 members (excludes halogenated alkanes) is 9. The van der Waals surface area contributed by atoms with Gasteiger partial charge in [-0.05, 0) is 25.7 Å². The maximum atomic E-state index is 11.3. The van der Waals surface area contributed by atoms with E-state index in [2.05, 4.69) is 6.92 Å². The van der Waals surface area contributed by atoms with E-state index in [1.165, 1.54) is 38.3 Å². The van der Waals surface area contributed by atoms with Crippen LogP contribution >= 0.6 is 0 Å². The second-order valence-corrected chi connectivity index (χ2v) is 10.2. The molecule has 0 saturated heterocycles. The quantitative estimate of drug-likeness (QED) is 0.0388. The Morgan fingerprint density at radius 3 is 1.62 bits per heavy atom. The summed E-state index contributed by atoms with van der Waals surface area (Å²) in [4.78, 5) is 43.0. The summed E-state index contributed by atoms with van der Waals surface area (Å²) in [5.41, 5.74) is -2.09. The van der Waals surface area contributed by atoms with E-state index in [-0.39, 0.29) is 168 Å². The first-order chi connectivity index (χ1) is 19.8. The maximum Gasteiger partial charge on any atom is 1.00 e. The minimum absolute atomic E-state index is 0. The molecule has 0 heterocycles. The van der Waals surface area contributed by atoms with E-state index >= 15 is 0 Å². The average molecular weight is 713 g/mol. The van der Waals surface area contributed by atoms with Crippen molar-refractivity contribution in [2.24, 2.45) is 0 Å². The van der Waals surface area contributed by atoms with Gasteiger partial charge in [-0.2, -0.15) is 0 Å². The minimum Gasteiger partial charge on any atom is -0.870 e. The van der Waals surface area contributed by atoms with Crippen molar-refractivity contribution in [1.29, 1.82) is 0 Å². The molecule has 0 aromatic carbocycles. The summed E-state index contributed by atoms with van der Waals surface area (Å²) in [7, 11) is 0. The van der Waals surface area contributed by atoms with Gasteiger partial charge in [0, 0.05) is 5.97 Å². The summed E-state index contributed by atoms with van der Waals surface area (Å²) in [5, 5.41) is 32.5. The fourth-order valence-electron chi connectivity index (χ4n) is 4.33. The van der Waals surface area contributed by atoms with Crippen molar-refractivity contribution < 1.29 is 183 Å². The molecule has 0 spiro atoms. The standard InChI is InChI=1S/C30H52O11.4Na.2H2O/c1-2-3-4-5-8-11-14-27(26(33)13-10-7-6-9-12-15-28(34)35)40-24-22-38-20-21-39-23-25-41-30(16-18-31,17-19-32)29(36)37;;;;;;/h26-27,33H,2-17,20-25H2,1H3,(H,34,35)(H,36,37);;;;;2*1H2/q-2;4*+1;;/p-4. The van der Waals surface area contributed by atoms with Gasteiger partial charge >= 0.3 is 118 Å². The van der Waals surface area contributed by atoms with Crippen LogP contribution in [0.15, 0.2) is 0 Å². The molecule has 0 aliphatic carbocycles. The summed E-state index contributed by atoms with van der Waals surface area (Å²) in [6.45, 7) is 3.16. The molecule has 0 fully saturated rings. The third-order valence-electron chi connectivity index (χ3n) is 6.78. The van der Waals surface area contributed by atoms with E-state index in [0.717, 1.165) is 44.9 Å². The molecule has 0 bridgehead atoms. The van der Waals surface area contributed by atoms with Crippen LogP contribution in [0.3, 0.4) is 0 Å². The first-order valence-corrected chi connectivity index (χ1v) is 15.0. The van der Waals surface area contributed by atoms with E-state index in [0.29, 0.717) is 26.1 Å². The number of hydrogen-bond acceptors (Lipinski definition) is 13. The summed E-state index contributed by atoms with van der Waals surface area (Å²) < 4.78 is 22.0. The van der Waals surface area contributed by atoms with Crippen LogP contribution in [0, 0.1) is 0 Å². The Hall–Kier alpha value is 2.00. The van der Waals surface area contributed by atoms with Gasteiger partial charge in [-0.3, -0.25) is 12.6 Å². The molecule has 0 aromatic heterocycles. The molecule has 256 valence electrons. The van der Waals surface area contributed by atoms with Crippen LogP contribution in [0.5, 0.6) is 0 Å². The second-order valence-electron chi connectivity index (χ2n) is 10.2. The number of carboxylic acid groups (broad SMARTS) is 2. The zero-order chi connectivity index (χ0) is 30.6. The number of carboxylic acids is 2. The van der Waals surface area contributed by atoms with Crippen LogP contribution in [0.25, 0.3) is 0 Å². The molecule has 0 amide bonds. The Bertz CT molecular complexity index is 684. The molecule has 3 N–H and O–H groups in total. The number of aliphatic hydroxyl groups is 1. The topological polar surface area (TPSA) is 232 Å². The molecule has 2 unspecified atom stereocenters. The van der Waals surface area contributed by atoms with Crippen molar-refractivity contribution in [3.8, 4) is 0 Å². The molecule has 0 aliphatic rings. The monoisotopic (exact) mass is 712 g/mol. The molecule has 0 aromatic rings. The summed E-state index contributed by atoms with van der Waals surface area (Å²) in [6.07, 6.45) is 13.3. The Morgan fingerprint density at radius 2 is 1.13 bits per heavy atom. The largest absolute Gasteiger partial charge is 1.00 e. The molecular weight excluding hydrogens is 660 g/mol. The minimum atomic E-state index is -2.09. The van der Waals surface area contributed by atoms with E-state index in [9.17, 15) is 34.5 Å². The van der Waals surface area contributed by atoms with Crippen LogP contribution < -0.4 is 128 Å². The number of carbonyl (C=O) groups is 2. The zero-order valence-corrected chi connectivity index (χ0v) is 37.6. The number of aliphatic hydroxyl groups excluding tert-OH is 1. The molecule has 0 aliphatic heterocycles. The molecule has 17 heteroatoms. The average Bonchev–Trinajstić information content (AvgIpc) is 2.93. The van der Waals surface area contributed by atoms with E-state index in [1.54, 1.807) is 0 Å². The number of ether oxygens (including phenoxy) is 4. The molecule has 0 saturated carbocycles. The fourth-order valence-corrected chi connectivity index (χ4v) is 4.33.